The summed E-state index contributed by atoms with van der Waals surface area (Å²) in [5.41, 5.74) is 0. The van der Waals surface area contributed by atoms with Gasteiger partial charge in [-0.3, -0.25) is 4.79 Å². The van der Waals surface area contributed by atoms with Gasteiger partial charge in [0.15, 0.2) is 11.0 Å². The van der Waals surface area contributed by atoms with E-state index in [9.17, 15) is 4.79 Å². The van der Waals surface area contributed by atoms with Crippen LogP contribution in [0.2, 0.25) is 5.15 Å². The molecule has 1 aliphatic carbocycles. The van der Waals surface area contributed by atoms with Gasteiger partial charge in [-0.2, -0.15) is 0 Å². The van der Waals surface area contributed by atoms with Gasteiger partial charge in [0.1, 0.15) is 0 Å². The zero-order chi connectivity index (χ0) is 14.1. The number of carbonyl (C=O) groups excluding carboxylic acids is 1. The van der Waals surface area contributed by atoms with Crippen LogP contribution in [0.3, 0.4) is 0 Å². The fraction of sp³-hybridized carbons (Fsp3) is 0.357. The Hall–Kier alpha value is -1.88. The smallest absolute Gasteiger partial charge is 0.239 e. The van der Waals surface area contributed by atoms with Gasteiger partial charge in [0.2, 0.25) is 5.91 Å². The third-order valence-corrected chi connectivity index (χ3v) is 3.59. The summed E-state index contributed by atoms with van der Waals surface area (Å²) in [6.07, 6.45) is 2.16. The van der Waals surface area contributed by atoms with Crippen LogP contribution in [-0.4, -0.2) is 35.7 Å². The Morgan fingerprint density at radius 3 is 2.75 bits per heavy atom. The van der Waals surface area contributed by atoms with Crippen LogP contribution in [0, 0.1) is 0 Å². The lowest BCUT2D eigenvalue weighted by Gasteiger charge is -2.19. The van der Waals surface area contributed by atoms with Gasteiger partial charge in [0, 0.05) is 23.9 Å². The van der Waals surface area contributed by atoms with E-state index in [1.54, 1.807) is 4.90 Å². The largest absolute Gasteiger partial charge is 0.352 e. The zero-order valence-corrected chi connectivity index (χ0v) is 11.9. The lowest BCUT2D eigenvalue weighted by molar-refractivity contribution is -0.119. The molecule has 1 heterocycles. The maximum atomic E-state index is 11.9. The van der Waals surface area contributed by atoms with Crippen molar-refractivity contribution in [1.29, 1.82) is 0 Å². The lowest BCUT2D eigenvalue weighted by atomic mass is 10.2. The van der Waals surface area contributed by atoms with Crippen LogP contribution in [-0.2, 0) is 4.79 Å². The van der Waals surface area contributed by atoms with Crippen LogP contribution in [0.1, 0.15) is 12.8 Å². The highest BCUT2D eigenvalue weighted by Crippen LogP contribution is 2.27. The highest BCUT2D eigenvalue weighted by Gasteiger charge is 2.24. The number of amides is 1. The van der Waals surface area contributed by atoms with Gasteiger partial charge in [-0.15, -0.1) is 10.2 Å². The first-order valence-corrected chi connectivity index (χ1v) is 6.94. The van der Waals surface area contributed by atoms with Crippen molar-refractivity contribution in [2.45, 2.75) is 18.9 Å². The fourth-order valence-corrected chi connectivity index (χ4v) is 2.33. The number of nitrogens with zero attached hydrogens (tertiary/aromatic N) is 3. The van der Waals surface area contributed by atoms with E-state index in [1.807, 2.05) is 31.3 Å². The molecule has 2 aromatic rings. The van der Waals surface area contributed by atoms with Crippen LogP contribution in [0.25, 0.3) is 10.8 Å². The minimum Gasteiger partial charge on any atom is -0.352 e. The molecule has 104 valence electrons. The quantitative estimate of drug-likeness (QED) is 0.936. The Balaban J connectivity index is 1.85. The van der Waals surface area contributed by atoms with E-state index >= 15 is 0 Å². The van der Waals surface area contributed by atoms with Crippen LogP contribution >= 0.6 is 11.6 Å². The van der Waals surface area contributed by atoms with E-state index in [2.05, 4.69) is 15.5 Å². The number of hydrogen-bond acceptors (Lipinski definition) is 4. The average Bonchev–Trinajstić information content (AvgIpc) is 3.23. The first-order valence-electron chi connectivity index (χ1n) is 6.56. The number of benzene rings is 1. The number of carbonyl (C=O) groups is 1. The van der Waals surface area contributed by atoms with E-state index < -0.39 is 0 Å². The Bertz CT molecular complexity index is 657. The molecule has 1 aliphatic rings. The van der Waals surface area contributed by atoms with Crippen LogP contribution in [0.15, 0.2) is 24.3 Å². The van der Waals surface area contributed by atoms with E-state index in [4.69, 9.17) is 11.6 Å². The topological polar surface area (TPSA) is 58.1 Å². The van der Waals surface area contributed by atoms with Gasteiger partial charge in [0.05, 0.1) is 6.54 Å². The number of anilines is 1. The first kappa shape index (κ1) is 13.1. The zero-order valence-electron chi connectivity index (χ0n) is 11.1. The molecule has 0 spiro atoms. The highest BCUT2D eigenvalue weighted by atomic mass is 35.5. The third kappa shape index (κ3) is 2.67. The molecule has 1 fully saturated rings. The summed E-state index contributed by atoms with van der Waals surface area (Å²) in [6.45, 7) is 0.261. The molecule has 20 heavy (non-hydrogen) atoms. The maximum absolute atomic E-state index is 11.9. The molecule has 1 amide bonds. The molecule has 1 aromatic heterocycles. The number of likely N-dealkylation sites (N-methyl/N-ethyl adjacent to an activating group) is 1. The summed E-state index contributed by atoms with van der Waals surface area (Å²) in [4.78, 5) is 13.6. The maximum Gasteiger partial charge on any atom is 0.239 e. The van der Waals surface area contributed by atoms with Crippen molar-refractivity contribution in [3.8, 4) is 0 Å². The molecule has 0 atom stereocenters. The van der Waals surface area contributed by atoms with E-state index in [1.165, 1.54) is 0 Å². The minimum absolute atomic E-state index is 0.0100. The third-order valence-electron chi connectivity index (χ3n) is 3.31. The van der Waals surface area contributed by atoms with Crippen molar-refractivity contribution in [1.82, 2.24) is 15.5 Å². The van der Waals surface area contributed by atoms with Gasteiger partial charge >= 0.3 is 0 Å². The van der Waals surface area contributed by atoms with Gasteiger partial charge in [-0.05, 0) is 12.8 Å². The Morgan fingerprint density at radius 1 is 1.35 bits per heavy atom. The fourth-order valence-electron chi connectivity index (χ4n) is 2.13. The molecule has 3 rings (SSSR count). The molecule has 0 radical (unpaired) electrons. The molecular formula is C14H15ClN4O. The average molecular weight is 291 g/mol. The van der Waals surface area contributed by atoms with Gasteiger partial charge in [-0.25, -0.2) is 0 Å². The molecule has 0 aliphatic heterocycles. The normalized spacial score (nSPS) is 14.3. The number of halogens is 1. The van der Waals surface area contributed by atoms with Crippen LogP contribution < -0.4 is 10.2 Å². The van der Waals surface area contributed by atoms with E-state index in [0.717, 1.165) is 23.6 Å². The molecule has 0 unspecified atom stereocenters. The second-order valence-corrected chi connectivity index (χ2v) is 5.42. The number of hydrogen-bond donors (Lipinski definition) is 1. The van der Waals surface area contributed by atoms with Crippen LogP contribution in [0.5, 0.6) is 0 Å². The summed E-state index contributed by atoms with van der Waals surface area (Å²) in [5.74, 6) is 0.673. The molecule has 0 bridgehead atoms. The van der Waals surface area contributed by atoms with Gasteiger partial charge in [0.25, 0.3) is 0 Å². The molecule has 5 nitrogen and oxygen atoms in total. The summed E-state index contributed by atoms with van der Waals surface area (Å²) in [5, 5.41) is 13.1. The number of aromatic nitrogens is 2. The molecule has 1 saturated carbocycles. The molecule has 1 N–H and O–H groups in total. The monoisotopic (exact) mass is 290 g/mol. The second kappa shape index (κ2) is 5.25. The van der Waals surface area contributed by atoms with Crippen molar-refractivity contribution in [3.05, 3.63) is 29.4 Å². The summed E-state index contributed by atoms with van der Waals surface area (Å²) in [6, 6.07) is 8.01. The molecule has 0 saturated heterocycles. The minimum atomic E-state index is 0.0100. The first-order chi connectivity index (χ1) is 9.65. The number of fused-ring (bicyclic) bond motifs is 1. The number of nitrogens with one attached hydrogen (secondary N) is 1. The Labute approximate surface area is 121 Å². The second-order valence-electron chi connectivity index (χ2n) is 5.06. The predicted molar refractivity (Wildman–Crippen MR) is 79.0 cm³/mol. The van der Waals surface area contributed by atoms with Crippen molar-refractivity contribution in [3.63, 3.8) is 0 Å². The Kier molecular flexibility index (Phi) is 3.44. The van der Waals surface area contributed by atoms with Gasteiger partial charge < -0.3 is 10.2 Å². The standard InChI is InChI=1S/C14H15ClN4O/c1-19(8-12(20)16-9-6-7-9)14-11-5-3-2-4-10(11)13(15)17-18-14/h2-5,9H,6-8H2,1H3,(H,16,20). The molecule has 1 aromatic carbocycles. The summed E-state index contributed by atoms with van der Waals surface area (Å²) >= 11 is 6.05. The number of rotatable bonds is 4. The van der Waals surface area contributed by atoms with Crippen molar-refractivity contribution >= 4 is 34.1 Å². The SMILES string of the molecule is CN(CC(=O)NC1CC1)c1nnc(Cl)c2ccccc12. The van der Waals surface area contributed by atoms with Crippen molar-refractivity contribution in [2.24, 2.45) is 0 Å². The van der Waals surface area contributed by atoms with Crippen molar-refractivity contribution < 1.29 is 4.79 Å². The lowest BCUT2D eigenvalue weighted by Crippen LogP contribution is -2.36. The summed E-state index contributed by atoms with van der Waals surface area (Å²) in [7, 11) is 1.83. The van der Waals surface area contributed by atoms with Crippen LogP contribution in [0.4, 0.5) is 5.82 Å². The van der Waals surface area contributed by atoms with E-state index in [0.29, 0.717) is 17.0 Å². The van der Waals surface area contributed by atoms with Crippen molar-refractivity contribution in [2.75, 3.05) is 18.5 Å². The molecule has 6 heteroatoms. The highest BCUT2D eigenvalue weighted by molar-refractivity contribution is 6.34. The van der Waals surface area contributed by atoms with E-state index in [-0.39, 0.29) is 12.5 Å². The Morgan fingerprint density at radius 2 is 2.05 bits per heavy atom. The summed E-state index contributed by atoms with van der Waals surface area (Å²) < 4.78 is 0. The van der Waals surface area contributed by atoms with Gasteiger partial charge in [-0.1, -0.05) is 35.9 Å². The molecular weight excluding hydrogens is 276 g/mol. The predicted octanol–water partition coefficient (Wildman–Crippen LogP) is 2.00.